The van der Waals surface area contributed by atoms with Crippen LogP contribution in [0.25, 0.3) is 5.69 Å². The number of aromatic nitrogens is 2. The summed E-state index contributed by atoms with van der Waals surface area (Å²) in [4.78, 5) is 45.6. The van der Waals surface area contributed by atoms with Crippen molar-refractivity contribution in [1.82, 2.24) is 19.8 Å². The first-order valence-electron chi connectivity index (χ1n) is 13.0. The van der Waals surface area contributed by atoms with Crippen LogP contribution in [0.2, 0.25) is 0 Å². The predicted molar refractivity (Wildman–Crippen MR) is 143 cm³/mol. The maximum absolute atomic E-state index is 13.7. The lowest BCUT2D eigenvalue weighted by Gasteiger charge is -2.36. The van der Waals surface area contributed by atoms with Gasteiger partial charge in [-0.15, -0.1) is 0 Å². The number of likely N-dealkylation sites (tertiary alicyclic amines) is 1. The number of carbonyl (C=O) groups excluding carboxylic acids is 3. The number of aliphatic hydroxyl groups is 1. The molecule has 1 saturated heterocycles. The minimum Gasteiger partial charge on any atom is -0.391 e. The van der Waals surface area contributed by atoms with Gasteiger partial charge in [0.2, 0.25) is 11.8 Å². The number of rotatable bonds is 7. The third-order valence-corrected chi connectivity index (χ3v) is 7.08. The number of nitrogens with zero attached hydrogens (tertiary/aromatic N) is 3. The van der Waals surface area contributed by atoms with Gasteiger partial charge in [0, 0.05) is 42.9 Å². The predicted octanol–water partition coefficient (Wildman–Crippen LogP) is 3.78. The third-order valence-electron chi connectivity index (χ3n) is 7.08. The lowest BCUT2D eigenvalue weighted by atomic mass is 9.84. The molecule has 1 aromatic carbocycles. The van der Waals surface area contributed by atoms with Gasteiger partial charge in [-0.2, -0.15) is 0 Å². The molecule has 2 N–H and O–H groups in total. The van der Waals surface area contributed by atoms with Gasteiger partial charge in [0.05, 0.1) is 12.1 Å². The van der Waals surface area contributed by atoms with Crippen molar-refractivity contribution in [2.75, 3.05) is 6.54 Å². The molecular formula is C29H42N4O4. The minimum absolute atomic E-state index is 0.0564. The Hall–Kier alpha value is -3.00. The van der Waals surface area contributed by atoms with E-state index in [-0.39, 0.29) is 42.9 Å². The summed E-state index contributed by atoms with van der Waals surface area (Å²) in [5, 5.41) is 13.3. The molecule has 0 aliphatic carbocycles. The standard InChI is InChI=1S/C29H42N4O4/c1-18(20-9-11-21(12-10-20)32-14-13-30-19(32)2)15-24(35)23-16-22(34)17-33(23)26(36)25(28(3,4)5)31-27(37)29(6,7)8/h9-14,18,22-23,25,34H,15-17H2,1-8H3,(H,31,37). The van der Waals surface area contributed by atoms with E-state index in [4.69, 9.17) is 0 Å². The Morgan fingerprint density at radius 3 is 2.24 bits per heavy atom. The fourth-order valence-electron chi connectivity index (χ4n) is 4.69. The van der Waals surface area contributed by atoms with Crippen molar-refractivity contribution in [3.05, 3.63) is 48.0 Å². The maximum Gasteiger partial charge on any atom is 0.246 e. The number of β-amino-alcohol motifs (C(OH)–C–C–N with tert-alkyl or cyclic N) is 1. The molecule has 0 spiro atoms. The van der Waals surface area contributed by atoms with Crippen molar-refractivity contribution < 1.29 is 19.5 Å². The third kappa shape index (κ3) is 6.66. The van der Waals surface area contributed by atoms with Crippen LogP contribution >= 0.6 is 0 Å². The molecule has 2 aromatic rings. The van der Waals surface area contributed by atoms with Crippen molar-refractivity contribution in [3.8, 4) is 5.69 Å². The van der Waals surface area contributed by atoms with E-state index in [1.807, 2.05) is 69.6 Å². The van der Waals surface area contributed by atoms with E-state index >= 15 is 0 Å². The van der Waals surface area contributed by atoms with E-state index in [1.54, 1.807) is 27.0 Å². The molecule has 4 unspecified atom stereocenters. The number of aryl methyl sites for hydroxylation is 1. The number of hydrogen-bond acceptors (Lipinski definition) is 5. The van der Waals surface area contributed by atoms with Crippen LogP contribution in [-0.2, 0) is 14.4 Å². The summed E-state index contributed by atoms with van der Waals surface area (Å²) < 4.78 is 1.99. The Bertz CT molecular complexity index is 1120. The summed E-state index contributed by atoms with van der Waals surface area (Å²) >= 11 is 0. The zero-order chi connectivity index (χ0) is 27.7. The van der Waals surface area contributed by atoms with Crippen LogP contribution in [-0.4, -0.2) is 61.9 Å². The van der Waals surface area contributed by atoms with Gasteiger partial charge in [-0.25, -0.2) is 4.98 Å². The quantitative estimate of drug-likeness (QED) is 0.590. The summed E-state index contributed by atoms with van der Waals surface area (Å²) in [5.74, 6) is 0.202. The van der Waals surface area contributed by atoms with E-state index < -0.39 is 29.0 Å². The molecule has 2 heterocycles. The van der Waals surface area contributed by atoms with Gasteiger partial charge in [-0.05, 0) is 36.0 Å². The number of Topliss-reactive ketones (excluding diaryl/α,β-unsaturated/α-hetero) is 1. The summed E-state index contributed by atoms with van der Waals surface area (Å²) in [6, 6.07) is 6.51. The Kier molecular flexibility index (Phi) is 8.32. The van der Waals surface area contributed by atoms with Gasteiger partial charge in [0.25, 0.3) is 0 Å². The Balaban J connectivity index is 1.74. The summed E-state index contributed by atoms with van der Waals surface area (Å²) in [6.07, 6.45) is 3.35. The summed E-state index contributed by atoms with van der Waals surface area (Å²) in [6.45, 7) is 15.1. The minimum atomic E-state index is -0.809. The van der Waals surface area contributed by atoms with Gasteiger partial charge in [0.15, 0.2) is 5.78 Å². The molecule has 8 nitrogen and oxygen atoms in total. The van der Waals surface area contributed by atoms with Crippen LogP contribution in [0.4, 0.5) is 0 Å². The van der Waals surface area contributed by atoms with Crippen molar-refractivity contribution in [2.45, 2.75) is 92.3 Å². The highest BCUT2D eigenvalue weighted by atomic mass is 16.3. The second-order valence-corrected chi connectivity index (χ2v) is 12.4. The van der Waals surface area contributed by atoms with E-state index in [9.17, 15) is 19.5 Å². The fourth-order valence-corrected chi connectivity index (χ4v) is 4.69. The number of nitrogens with one attached hydrogen (secondary N) is 1. The van der Waals surface area contributed by atoms with E-state index in [0.717, 1.165) is 17.1 Å². The molecule has 1 fully saturated rings. The number of carbonyl (C=O) groups is 3. The van der Waals surface area contributed by atoms with Crippen LogP contribution < -0.4 is 5.32 Å². The highest BCUT2D eigenvalue weighted by Gasteiger charge is 2.45. The molecule has 202 valence electrons. The first kappa shape index (κ1) is 28.6. The topological polar surface area (TPSA) is 105 Å². The lowest BCUT2D eigenvalue weighted by molar-refractivity contribution is -0.144. The largest absolute Gasteiger partial charge is 0.391 e. The van der Waals surface area contributed by atoms with Crippen LogP contribution in [0.1, 0.15) is 78.6 Å². The highest BCUT2D eigenvalue weighted by Crippen LogP contribution is 2.30. The zero-order valence-electron chi connectivity index (χ0n) is 23.4. The van der Waals surface area contributed by atoms with Gasteiger partial charge < -0.3 is 19.9 Å². The monoisotopic (exact) mass is 510 g/mol. The molecule has 0 saturated carbocycles. The summed E-state index contributed by atoms with van der Waals surface area (Å²) in [7, 11) is 0. The Morgan fingerprint density at radius 1 is 1.11 bits per heavy atom. The second kappa shape index (κ2) is 10.8. The maximum atomic E-state index is 13.7. The van der Waals surface area contributed by atoms with Crippen LogP contribution in [0.15, 0.2) is 36.7 Å². The van der Waals surface area contributed by atoms with Crippen LogP contribution in [0.3, 0.4) is 0 Å². The molecular weight excluding hydrogens is 468 g/mol. The number of hydrogen-bond donors (Lipinski definition) is 2. The average molecular weight is 511 g/mol. The highest BCUT2D eigenvalue weighted by molar-refractivity contribution is 5.94. The SMILES string of the molecule is Cc1nccn1-c1ccc(C(C)CC(=O)C2CC(O)CN2C(=O)C(NC(=O)C(C)(C)C)C(C)(C)C)cc1. The van der Waals surface area contributed by atoms with Gasteiger partial charge in [-0.3, -0.25) is 14.4 Å². The first-order valence-corrected chi connectivity index (χ1v) is 13.0. The number of amides is 2. The Morgan fingerprint density at radius 2 is 1.73 bits per heavy atom. The number of imidazole rings is 1. The zero-order valence-corrected chi connectivity index (χ0v) is 23.4. The second-order valence-electron chi connectivity index (χ2n) is 12.4. The lowest BCUT2D eigenvalue weighted by Crippen LogP contribution is -2.58. The van der Waals surface area contributed by atoms with E-state index in [0.29, 0.717) is 0 Å². The molecule has 2 amide bonds. The fraction of sp³-hybridized carbons (Fsp3) is 0.586. The van der Waals surface area contributed by atoms with Gasteiger partial charge in [0.1, 0.15) is 11.9 Å². The van der Waals surface area contributed by atoms with Gasteiger partial charge >= 0.3 is 0 Å². The first-order chi connectivity index (χ1) is 17.1. The smallest absolute Gasteiger partial charge is 0.246 e. The molecule has 1 aliphatic rings. The molecule has 3 rings (SSSR count). The molecule has 1 aromatic heterocycles. The number of aliphatic hydroxyl groups excluding tert-OH is 1. The molecule has 8 heteroatoms. The van der Waals surface area contributed by atoms with Crippen LogP contribution in [0.5, 0.6) is 0 Å². The van der Waals surface area contributed by atoms with E-state index in [2.05, 4.69) is 10.3 Å². The summed E-state index contributed by atoms with van der Waals surface area (Å²) in [5.41, 5.74) is 0.794. The Labute approximate surface area is 220 Å². The molecule has 4 atom stereocenters. The number of ketones is 1. The molecule has 0 radical (unpaired) electrons. The average Bonchev–Trinajstić information content (AvgIpc) is 3.40. The van der Waals surface area contributed by atoms with Crippen LogP contribution in [0, 0.1) is 17.8 Å². The number of benzene rings is 1. The van der Waals surface area contributed by atoms with Crippen molar-refractivity contribution in [1.29, 1.82) is 0 Å². The molecule has 0 bridgehead atoms. The normalized spacial score (nSPS) is 20.0. The molecule has 37 heavy (non-hydrogen) atoms. The van der Waals surface area contributed by atoms with E-state index in [1.165, 1.54) is 4.90 Å². The van der Waals surface area contributed by atoms with Crippen molar-refractivity contribution >= 4 is 17.6 Å². The van der Waals surface area contributed by atoms with Crippen molar-refractivity contribution in [3.63, 3.8) is 0 Å². The van der Waals surface area contributed by atoms with Gasteiger partial charge in [-0.1, -0.05) is 60.6 Å². The van der Waals surface area contributed by atoms with Crippen molar-refractivity contribution in [2.24, 2.45) is 10.8 Å². The molecule has 1 aliphatic heterocycles.